The molecular formula is C8H19NO3S. The van der Waals surface area contributed by atoms with E-state index in [1.807, 2.05) is 0 Å². The van der Waals surface area contributed by atoms with Crippen LogP contribution < -0.4 is 0 Å². The van der Waals surface area contributed by atoms with Crippen LogP contribution in [0, 0.1) is 0 Å². The van der Waals surface area contributed by atoms with Crippen LogP contribution in [0.25, 0.3) is 0 Å². The van der Waals surface area contributed by atoms with Crippen LogP contribution in [-0.4, -0.2) is 45.3 Å². The van der Waals surface area contributed by atoms with Crippen LogP contribution in [0.15, 0.2) is 0 Å². The van der Waals surface area contributed by atoms with Gasteiger partial charge in [-0.1, -0.05) is 7.43 Å². The predicted octanol–water partition coefficient (Wildman–Crippen LogP) is 0.693. The van der Waals surface area contributed by atoms with Crippen molar-refractivity contribution in [2.24, 2.45) is 0 Å². The molecule has 0 amide bonds. The monoisotopic (exact) mass is 209 g/mol. The van der Waals surface area contributed by atoms with Crippen LogP contribution in [0.3, 0.4) is 0 Å². The summed E-state index contributed by atoms with van der Waals surface area (Å²) in [5.74, 6) is 0. The van der Waals surface area contributed by atoms with Gasteiger partial charge < -0.3 is 4.74 Å². The van der Waals surface area contributed by atoms with Gasteiger partial charge in [-0.2, -0.15) is 0 Å². The molecule has 1 saturated heterocycles. The van der Waals surface area contributed by atoms with Crippen LogP contribution in [0.4, 0.5) is 0 Å². The molecule has 0 bridgehead atoms. The zero-order valence-electron chi connectivity index (χ0n) is 7.49. The maximum Gasteiger partial charge on any atom is 0.211 e. The Labute approximate surface area is 80.9 Å². The fraction of sp³-hybridized carbons (Fsp3) is 1.00. The molecule has 0 aromatic heterocycles. The van der Waals surface area contributed by atoms with Crippen LogP contribution in [0.5, 0.6) is 0 Å². The Hall–Kier alpha value is -0.130. The predicted molar refractivity (Wildman–Crippen MR) is 53.2 cm³/mol. The minimum absolute atomic E-state index is 0. The molecule has 0 unspecified atom stereocenters. The summed E-state index contributed by atoms with van der Waals surface area (Å²) in [5, 5.41) is 0. The third-order valence-corrected chi connectivity index (χ3v) is 3.51. The summed E-state index contributed by atoms with van der Waals surface area (Å²) in [6, 6.07) is 0. The molecule has 80 valence electrons. The molecule has 0 atom stereocenters. The molecule has 0 radical (unpaired) electrons. The van der Waals surface area contributed by atoms with E-state index in [1.54, 1.807) is 7.11 Å². The molecule has 0 aromatic rings. The van der Waals surface area contributed by atoms with E-state index in [4.69, 9.17) is 4.74 Å². The highest BCUT2D eigenvalue weighted by Gasteiger charge is 2.24. The first kappa shape index (κ1) is 12.9. The lowest BCUT2D eigenvalue weighted by atomic mass is 10.1. The van der Waals surface area contributed by atoms with Crippen molar-refractivity contribution < 1.29 is 13.2 Å². The Kier molecular flexibility index (Phi) is 4.88. The van der Waals surface area contributed by atoms with Gasteiger partial charge >= 0.3 is 0 Å². The average Bonchev–Trinajstić information content (AvgIpc) is 2.03. The smallest absolute Gasteiger partial charge is 0.211 e. The lowest BCUT2D eigenvalue weighted by Crippen LogP contribution is -2.39. The topological polar surface area (TPSA) is 46.6 Å². The molecule has 1 heterocycles. The maximum absolute atomic E-state index is 11.1. The summed E-state index contributed by atoms with van der Waals surface area (Å²) >= 11 is 0. The molecule has 0 spiro atoms. The van der Waals surface area contributed by atoms with Crippen LogP contribution in [0.1, 0.15) is 20.3 Å². The van der Waals surface area contributed by atoms with Gasteiger partial charge in [-0.05, 0) is 12.8 Å². The van der Waals surface area contributed by atoms with Gasteiger partial charge in [-0.3, -0.25) is 0 Å². The van der Waals surface area contributed by atoms with Gasteiger partial charge in [0.2, 0.25) is 10.0 Å². The molecule has 1 fully saturated rings. The molecule has 13 heavy (non-hydrogen) atoms. The largest absolute Gasteiger partial charge is 0.381 e. The van der Waals surface area contributed by atoms with Gasteiger partial charge in [0.25, 0.3) is 0 Å². The first-order chi connectivity index (χ1) is 5.54. The lowest BCUT2D eigenvalue weighted by molar-refractivity contribution is 0.0606. The molecule has 5 heteroatoms. The minimum atomic E-state index is -2.98. The molecule has 1 aliphatic heterocycles. The van der Waals surface area contributed by atoms with Crippen molar-refractivity contribution in [3.05, 3.63) is 0 Å². The summed E-state index contributed by atoms with van der Waals surface area (Å²) in [5.41, 5.74) is 0. The van der Waals surface area contributed by atoms with Crippen molar-refractivity contribution in [2.45, 2.75) is 26.4 Å². The van der Waals surface area contributed by atoms with Crippen LogP contribution >= 0.6 is 0 Å². The van der Waals surface area contributed by atoms with Crippen molar-refractivity contribution >= 4 is 10.0 Å². The SMILES string of the molecule is C.COC1CCN(S(C)(=O)=O)CC1. The fourth-order valence-electron chi connectivity index (χ4n) is 1.40. The normalized spacial score (nSPS) is 21.1. The number of hydrogen-bond donors (Lipinski definition) is 0. The highest BCUT2D eigenvalue weighted by molar-refractivity contribution is 7.88. The highest BCUT2D eigenvalue weighted by Crippen LogP contribution is 2.14. The van der Waals surface area contributed by atoms with Crippen molar-refractivity contribution in [2.75, 3.05) is 26.5 Å². The van der Waals surface area contributed by atoms with Crippen molar-refractivity contribution in [1.29, 1.82) is 0 Å². The lowest BCUT2D eigenvalue weighted by Gasteiger charge is -2.29. The Morgan fingerprint density at radius 2 is 1.77 bits per heavy atom. The second-order valence-corrected chi connectivity index (χ2v) is 5.08. The third-order valence-electron chi connectivity index (χ3n) is 2.20. The third kappa shape index (κ3) is 3.62. The highest BCUT2D eigenvalue weighted by atomic mass is 32.2. The number of ether oxygens (including phenoxy) is 1. The van der Waals surface area contributed by atoms with E-state index >= 15 is 0 Å². The molecule has 0 aromatic carbocycles. The number of methoxy groups -OCH3 is 1. The Balaban J connectivity index is 0.00000144. The van der Waals surface area contributed by atoms with Gasteiger partial charge in [0.05, 0.1) is 12.4 Å². The fourth-order valence-corrected chi connectivity index (χ4v) is 2.27. The molecule has 0 aliphatic carbocycles. The summed E-state index contributed by atoms with van der Waals surface area (Å²) < 4.78 is 28.8. The Morgan fingerprint density at radius 3 is 2.08 bits per heavy atom. The molecule has 0 N–H and O–H groups in total. The van der Waals surface area contributed by atoms with Gasteiger partial charge in [-0.25, -0.2) is 12.7 Å². The number of rotatable bonds is 2. The van der Waals surface area contributed by atoms with Crippen molar-refractivity contribution in [1.82, 2.24) is 4.31 Å². The molecule has 1 aliphatic rings. The van der Waals surface area contributed by atoms with E-state index in [0.717, 1.165) is 12.8 Å². The maximum atomic E-state index is 11.1. The number of nitrogens with zero attached hydrogens (tertiary/aromatic N) is 1. The van der Waals surface area contributed by atoms with Gasteiger partial charge in [-0.15, -0.1) is 0 Å². The van der Waals surface area contributed by atoms with E-state index in [2.05, 4.69) is 0 Å². The van der Waals surface area contributed by atoms with Crippen LogP contribution in [-0.2, 0) is 14.8 Å². The van der Waals surface area contributed by atoms with Gasteiger partial charge in [0.1, 0.15) is 0 Å². The summed E-state index contributed by atoms with van der Waals surface area (Å²) in [7, 11) is -1.31. The Bertz CT molecular complexity index is 230. The second kappa shape index (κ2) is 4.93. The minimum Gasteiger partial charge on any atom is -0.381 e. The van der Waals surface area contributed by atoms with E-state index in [-0.39, 0.29) is 13.5 Å². The number of hydrogen-bond acceptors (Lipinski definition) is 3. The number of sulfonamides is 1. The van der Waals surface area contributed by atoms with Crippen molar-refractivity contribution in [3.63, 3.8) is 0 Å². The number of piperidine rings is 1. The standard InChI is InChI=1S/C7H15NO3S.CH4/c1-11-7-3-5-8(6-4-7)12(2,9)10;/h7H,3-6H2,1-2H3;1H4. The first-order valence-corrected chi connectivity index (χ1v) is 5.87. The van der Waals surface area contributed by atoms with Gasteiger partial charge in [0, 0.05) is 20.2 Å². The Morgan fingerprint density at radius 1 is 1.31 bits per heavy atom. The van der Waals surface area contributed by atoms with Crippen molar-refractivity contribution in [3.8, 4) is 0 Å². The van der Waals surface area contributed by atoms with E-state index < -0.39 is 10.0 Å². The molecular weight excluding hydrogens is 190 g/mol. The summed E-state index contributed by atoms with van der Waals surface area (Å²) in [6.07, 6.45) is 3.11. The molecule has 4 nitrogen and oxygen atoms in total. The second-order valence-electron chi connectivity index (χ2n) is 3.10. The first-order valence-electron chi connectivity index (χ1n) is 4.02. The van der Waals surface area contributed by atoms with E-state index in [1.165, 1.54) is 10.6 Å². The molecule has 1 rings (SSSR count). The van der Waals surface area contributed by atoms with Gasteiger partial charge in [0.15, 0.2) is 0 Å². The zero-order valence-corrected chi connectivity index (χ0v) is 8.30. The van der Waals surface area contributed by atoms with E-state index in [0.29, 0.717) is 13.1 Å². The average molecular weight is 209 g/mol. The summed E-state index contributed by atoms with van der Waals surface area (Å²) in [6.45, 7) is 1.19. The van der Waals surface area contributed by atoms with Crippen LogP contribution in [0.2, 0.25) is 0 Å². The quantitative estimate of drug-likeness (QED) is 0.672. The zero-order chi connectivity index (χ0) is 9.19. The molecule has 0 saturated carbocycles. The summed E-state index contributed by atoms with van der Waals surface area (Å²) in [4.78, 5) is 0. The van der Waals surface area contributed by atoms with E-state index in [9.17, 15) is 8.42 Å².